The minimum absolute atomic E-state index is 0.358. The van der Waals surface area contributed by atoms with E-state index in [1.807, 2.05) is 21.6 Å². The quantitative estimate of drug-likeness (QED) is 0.603. The predicted molar refractivity (Wildman–Crippen MR) is 68.1 cm³/mol. The van der Waals surface area contributed by atoms with Gasteiger partial charge >= 0.3 is 0 Å². The molecule has 0 nitrogen and oxygen atoms in total. The lowest BCUT2D eigenvalue weighted by atomic mass is 9.93. The Labute approximate surface area is 91.3 Å². The minimum atomic E-state index is 0.358. The first-order chi connectivity index (χ1) is 5.71. The number of hydrogen-bond acceptors (Lipinski definition) is 2. The second-order valence-corrected chi connectivity index (χ2v) is 8.36. The summed E-state index contributed by atoms with van der Waals surface area (Å²) in [5.41, 5.74) is 0.420. The molecule has 0 aromatic heterocycles. The van der Waals surface area contributed by atoms with Gasteiger partial charge in [0.2, 0.25) is 0 Å². The van der Waals surface area contributed by atoms with Gasteiger partial charge in [-0.3, -0.25) is 0 Å². The zero-order valence-corrected chi connectivity index (χ0v) is 11.3. The maximum atomic E-state index is 2.27. The Morgan fingerprint density at radius 3 is 1.92 bits per heavy atom. The first-order valence-electron chi connectivity index (χ1n) is 4.70. The second kappa shape index (κ2) is 5.35. The summed E-state index contributed by atoms with van der Waals surface area (Å²) in [6, 6.07) is 0. The highest BCUT2D eigenvalue weighted by Crippen LogP contribution is 2.36. The van der Waals surface area contributed by atoms with Crippen LogP contribution in [0.1, 0.15) is 48.0 Å². The average Bonchev–Trinajstić information content (AvgIpc) is 1.81. The van der Waals surface area contributed by atoms with Crippen LogP contribution in [0.2, 0.25) is 0 Å². The zero-order chi connectivity index (χ0) is 10.5. The van der Waals surface area contributed by atoms with Crippen molar-refractivity contribution in [1.29, 1.82) is 0 Å². The third kappa shape index (κ3) is 12.4. The molecule has 0 bridgehead atoms. The standard InChI is InChI=1S/C11H22S2/c1-10(2,3)8-7-9-12-13-11(4,5)6/h7,9H,8H2,1-6H3/b9-7+. The van der Waals surface area contributed by atoms with Gasteiger partial charge in [0, 0.05) is 4.75 Å². The van der Waals surface area contributed by atoms with E-state index in [1.54, 1.807) is 0 Å². The van der Waals surface area contributed by atoms with E-state index in [-0.39, 0.29) is 0 Å². The summed E-state index contributed by atoms with van der Waals surface area (Å²) in [6.45, 7) is 13.5. The molecule has 78 valence electrons. The van der Waals surface area contributed by atoms with Gasteiger partial charge < -0.3 is 0 Å². The lowest BCUT2D eigenvalue weighted by molar-refractivity contribution is 0.421. The normalized spacial score (nSPS) is 14.0. The molecule has 0 aromatic carbocycles. The SMILES string of the molecule is CC(C)(C)C/C=C/SSC(C)(C)C. The van der Waals surface area contributed by atoms with Crippen molar-refractivity contribution >= 4 is 21.6 Å². The van der Waals surface area contributed by atoms with Gasteiger partial charge in [-0.05, 0) is 17.2 Å². The van der Waals surface area contributed by atoms with Gasteiger partial charge in [0.15, 0.2) is 0 Å². The minimum Gasteiger partial charge on any atom is -0.0836 e. The summed E-state index contributed by atoms with van der Waals surface area (Å²) in [7, 11) is 3.75. The van der Waals surface area contributed by atoms with Crippen molar-refractivity contribution in [1.82, 2.24) is 0 Å². The van der Waals surface area contributed by atoms with Crippen molar-refractivity contribution in [2.24, 2.45) is 5.41 Å². The highest BCUT2D eigenvalue weighted by atomic mass is 33.1. The van der Waals surface area contributed by atoms with Gasteiger partial charge in [-0.15, -0.1) is 0 Å². The molecule has 0 saturated carbocycles. The Morgan fingerprint density at radius 1 is 1.00 bits per heavy atom. The van der Waals surface area contributed by atoms with E-state index in [9.17, 15) is 0 Å². The van der Waals surface area contributed by atoms with Crippen LogP contribution in [-0.2, 0) is 0 Å². The van der Waals surface area contributed by atoms with Gasteiger partial charge in [0.1, 0.15) is 0 Å². The van der Waals surface area contributed by atoms with Crippen LogP contribution < -0.4 is 0 Å². The number of rotatable bonds is 3. The zero-order valence-electron chi connectivity index (χ0n) is 9.68. The molecule has 0 heterocycles. The van der Waals surface area contributed by atoms with Crippen molar-refractivity contribution in [3.8, 4) is 0 Å². The summed E-state index contributed by atoms with van der Waals surface area (Å²) in [4.78, 5) is 0. The molecule has 0 atom stereocenters. The summed E-state index contributed by atoms with van der Waals surface area (Å²) >= 11 is 0. The Morgan fingerprint density at radius 2 is 1.54 bits per heavy atom. The number of allylic oxidation sites excluding steroid dienone is 1. The van der Waals surface area contributed by atoms with Crippen molar-refractivity contribution < 1.29 is 0 Å². The van der Waals surface area contributed by atoms with Gasteiger partial charge in [-0.25, -0.2) is 0 Å². The lowest BCUT2D eigenvalue weighted by Gasteiger charge is -2.16. The molecule has 0 N–H and O–H groups in total. The van der Waals surface area contributed by atoms with Crippen LogP contribution in [-0.4, -0.2) is 4.75 Å². The fraction of sp³-hybridized carbons (Fsp3) is 0.818. The maximum absolute atomic E-state index is 2.27. The third-order valence-electron chi connectivity index (χ3n) is 1.18. The monoisotopic (exact) mass is 218 g/mol. The van der Waals surface area contributed by atoms with Crippen LogP contribution in [0.25, 0.3) is 0 Å². The molecule has 0 radical (unpaired) electrons. The van der Waals surface area contributed by atoms with E-state index in [2.05, 4.69) is 53.0 Å². The second-order valence-electron chi connectivity index (χ2n) is 5.43. The summed E-state index contributed by atoms with van der Waals surface area (Å²) in [5, 5.41) is 2.21. The molecule has 0 saturated heterocycles. The van der Waals surface area contributed by atoms with E-state index >= 15 is 0 Å². The lowest BCUT2D eigenvalue weighted by Crippen LogP contribution is -2.04. The molecule has 0 aliphatic rings. The van der Waals surface area contributed by atoms with Crippen LogP contribution >= 0.6 is 21.6 Å². The fourth-order valence-corrected chi connectivity index (χ4v) is 2.40. The van der Waals surface area contributed by atoms with Crippen molar-refractivity contribution in [3.05, 3.63) is 11.5 Å². The maximum Gasteiger partial charge on any atom is 0.0182 e. The molecular weight excluding hydrogens is 196 g/mol. The smallest absolute Gasteiger partial charge is 0.0182 e. The largest absolute Gasteiger partial charge is 0.0836 e. The van der Waals surface area contributed by atoms with Crippen molar-refractivity contribution in [3.63, 3.8) is 0 Å². The average molecular weight is 218 g/mol. The molecular formula is C11H22S2. The molecule has 0 unspecified atom stereocenters. The molecule has 2 heteroatoms. The summed E-state index contributed by atoms with van der Waals surface area (Å²) < 4.78 is 0.358. The molecule has 0 aromatic rings. The first kappa shape index (κ1) is 13.4. The van der Waals surface area contributed by atoms with E-state index < -0.39 is 0 Å². The van der Waals surface area contributed by atoms with Gasteiger partial charge in [-0.1, -0.05) is 69.2 Å². The van der Waals surface area contributed by atoms with Gasteiger partial charge in [-0.2, -0.15) is 0 Å². The van der Waals surface area contributed by atoms with Crippen LogP contribution in [0.3, 0.4) is 0 Å². The van der Waals surface area contributed by atoms with Gasteiger partial charge in [0.05, 0.1) is 0 Å². The van der Waals surface area contributed by atoms with Crippen LogP contribution in [0, 0.1) is 5.41 Å². The summed E-state index contributed by atoms with van der Waals surface area (Å²) in [5.74, 6) is 0. The van der Waals surface area contributed by atoms with E-state index in [0.717, 1.165) is 6.42 Å². The number of hydrogen-bond donors (Lipinski definition) is 0. The molecule has 0 aliphatic heterocycles. The molecule has 0 aliphatic carbocycles. The fourth-order valence-electron chi connectivity index (χ4n) is 0.613. The Hall–Kier alpha value is 0.440. The highest BCUT2D eigenvalue weighted by Gasteiger charge is 2.10. The van der Waals surface area contributed by atoms with E-state index in [1.165, 1.54) is 0 Å². The molecule has 0 rings (SSSR count). The van der Waals surface area contributed by atoms with Crippen molar-refractivity contribution in [2.75, 3.05) is 0 Å². The van der Waals surface area contributed by atoms with Crippen molar-refractivity contribution in [2.45, 2.75) is 52.7 Å². The Balaban J connectivity index is 3.55. The Kier molecular flexibility index (Phi) is 5.53. The Bertz CT molecular complexity index is 158. The predicted octanol–water partition coefficient (Wildman–Crippen LogP) is 5.12. The van der Waals surface area contributed by atoms with Crippen LogP contribution in [0.5, 0.6) is 0 Å². The molecule has 0 fully saturated rings. The topological polar surface area (TPSA) is 0 Å². The van der Waals surface area contributed by atoms with Crippen LogP contribution in [0.4, 0.5) is 0 Å². The van der Waals surface area contributed by atoms with E-state index in [4.69, 9.17) is 0 Å². The first-order valence-corrected chi connectivity index (χ1v) is 6.91. The van der Waals surface area contributed by atoms with Crippen LogP contribution in [0.15, 0.2) is 11.5 Å². The molecule has 0 spiro atoms. The molecule has 13 heavy (non-hydrogen) atoms. The third-order valence-corrected chi connectivity index (χ3v) is 4.20. The highest BCUT2D eigenvalue weighted by molar-refractivity contribution is 8.78. The molecule has 0 amide bonds. The van der Waals surface area contributed by atoms with E-state index in [0.29, 0.717) is 10.2 Å². The van der Waals surface area contributed by atoms with Gasteiger partial charge in [0.25, 0.3) is 0 Å². The summed E-state index contributed by atoms with van der Waals surface area (Å²) in [6.07, 6.45) is 3.42.